The fourth-order valence-electron chi connectivity index (χ4n) is 1.40. The quantitative estimate of drug-likeness (QED) is 0.580. The van der Waals surface area contributed by atoms with Crippen LogP contribution >= 0.6 is 0 Å². The maximum Gasteiger partial charge on any atom is 0.144 e. The van der Waals surface area contributed by atoms with Crippen LogP contribution in [0, 0.1) is 0 Å². The van der Waals surface area contributed by atoms with Gasteiger partial charge in [0, 0.05) is 21.7 Å². The van der Waals surface area contributed by atoms with E-state index in [9.17, 15) is 9.59 Å². The maximum absolute atomic E-state index is 11.2. The second kappa shape index (κ2) is 5.89. The number of ketones is 2. The van der Waals surface area contributed by atoms with Crippen LogP contribution in [0.5, 0.6) is 0 Å². The van der Waals surface area contributed by atoms with E-state index in [1.807, 2.05) is 18.2 Å². The van der Waals surface area contributed by atoms with Gasteiger partial charge in [-0.25, -0.2) is 0 Å². The van der Waals surface area contributed by atoms with Crippen molar-refractivity contribution in [3.63, 3.8) is 0 Å². The van der Waals surface area contributed by atoms with Crippen LogP contribution in [0.4, 0.5) is 0 Å². The molecule has 0 amide bonds. The van der Waals surface area contributed by atoms with Crippen LogP contribution in [0.1, 0.15) is 25.3 Å². The molecule has 0 saturated heterocycles. The Morgan fingerprint density at radius 1 is 1.00 bits per heavy atom. The van der Waals surface area contributed by atoms with E-state index < -0.39 is 5.92 Å². The molecule has 1 aromatic rings. The Morgan fingerprint density at radius 3 is 1.79 bits per heavy atom. The van der Waals surface area contributed by atoms with Gasteiger partial charge in [0.15, 0.2) is 0 Å². The summed E-state index contributed by atoms with van der Waals surface area (Å²) >= 11 is 0. The van der Waals surface area contributed by atoms with Gasteiger partial charge in [-0.15, -0.1) is 0 Å². The van der Waals surface area contributed by atoms with Gasteiger partial charge in [0.05, 0.1) is 0 Å². The fraction of sp³-hybridized carbons (Fsp3) is 0.273. The summed E-state index contributed by atoms with van der Waals surface area (Å²) in [6, 6.07) is 9.12. The minimum absolute atomic E-state index is 0. The van der Waals surface area contributed by atoms with Crippen molar-refractivity contribution >= 4 is 11.6 Å². The second-order valence-corrected chi connectivity index (χ2v) is 3.06. The first-order valence-corrected chi connectivity index (χ1v) is 4.18. The van der Waals surface area contributed by atoms with Gasteiger partial charge in [-0.05, 0) is 19.4 Å². The summed E-state index contributed by atoms with van der Waals surface area (Å²) in [5.74, 6) is -0.779. The number of rotatable bonds is 3. The van der Waals surface area contributed by atoms with Crippen molar-refractivity contribution in [2.24, 2.45) is 0 Å². The second-order valence-electron chi connectivity index (χ2n) is 3.06. The Kier molecular flexibility index (Phi) is 5.59. The molecule has 0 atom stereocenters. The smallest absolute Gasteiger partial charge is 0.144 e. The molecule has 0 N–H and O–H groups in total. The van der Waals surface area contributed by atoms with Crippen LogP contribution in [-0.2, 0) is 31.3 Å². The molecule has 0 heterocycles. The number of hydrogen-bond acceptors (Lipinski definition) is 2. The van der Waals surface area contributed by atoms with Gasteiger partial charge in [0.1, 0.15) is 17.5 Å². The first kappa shape index (κ1) is 13.3. The summed E-state index contributed by atoms with van der Waals surface area (Å²) in [5.41, 5.74) is 0.780. The minimum atomic E-state index is -0.582. The third-order valence-electron chi connectivity index (χ3n) is 1.95. The van der Waals surface area contributed by atoms with Crippen LogP contribution in [0.3, 0.4) is 0 Å². The molecule has 0 fully saturated rings. The molecule has 0 aliphatic carbocycles. The van der Waals surface area contributed by atoms with E-state index >= 15 is 0 Å². The SMILES string of the molecule is CC(=O)C(C(C)=O)c1ccccc1.[Ti]. The molecule has 0 saturated carbocycles. The van der Waals surface area contributed by atoms with Gasteiger partial charge in [0.25, 0.3) is 0 Å². The van der Waals surface area contributed by atoms with Crippen molar-refractivity contribution in [3.05, 3.63) is 35.9 Å². The van der Waals surface area contributed by atoms with Gasteiger partial charge in [-0.3, -0.25) is 9.59 Å². The van der Waals surface area contributed by atoms with E-state index in [1.54, 1.807) is 12.1 Å². The van der Waals surface area contributed by atoms with Gasteiger partial charge in [-0.1, -0.05) is 30.3 Å². The van der Waals surface area contributed by atoms with Gasteiger partial charge >= 0.3 is 0 Å². The van der Waals surface area contributed by atoms with E-state index in [1.165, 1.54) is 13.8 Å². The van der Waals surface area contributed by atoms with Crippen molar-refractivity contribution < 1.29 is 31.3 Å². The molecular weight excluding hydrogens is 212 g/mol. The Bertz CT molecular complexity index is 305. The van der Waals surface area contributed by atoms with Crippen molar-refractivity contribution in [2.45, 2.75) is 19.8 Å². The van der Waals surface area contributed by atoms with E-state index in [-0.39, 0.29) is 33.3 Å². The zero-order valence-corrected chi connectivity index (χ0v) is 9.84. The molecule has 72 valence electrons. The molecule has 14 heavy (non-hydrogen) atoms. The number of Topliss-reactive ketones (excluding diaryl/α,β-unsaturated/α-hetero) is 2. The molecular formula is C11H12O2Ti. The van der Waals surface area contributed by atoms with Crippen LogP contribution < -0.4 is 0 Å². The van der Waals surface area contributed by atoms with Gasteiger partial charge < -0.3 is 0 Å². The number of benzene rings is 1. The van der Waals surface area contributed by atoms with Crippen LogP contribution in [0.2, 0.25) is 0 Å². The van der Waals surface area contributed by atoms with E-state index in [0.717, 1.165) is 5.56 Å². The molecule has 0 spiro atoms. The average Bonchev–Trinajstić information content (AvgIpc) is 2.04. The number of hydrogen-bond donors (Lipinski definition) is 0. The zero-order valence-electron chi connectivity index (χ0n) is 8.28. The van der Waals surface area contributed by atoms with E-state index in [0.29, 0.717) is 0 Å². The summed E-state index contributed by atoms with van der Waals surface area (Å²) < 4.78 is 0. The molecule has 0 aliphatic heterocycles. The Labute approximate surface area is 98.6 Å². The summed E-state index contributed by atoms with van der Waals surface area (Å²) in [6.07, 6.45) is 0. The monoisotopic (exact) mass is 224 g/mol. The van der Waals surface area contributed by atoms with Crippen LogP contribution in [0.15, 0.2) is 30.3 Å². The van der Waals surface area contributed by atoms with Gasteiger partial charge in [-0.2, -0.15) is 0 Å². The molecule has 0 radical (unpaired) electrons. The van der Waals surface area contributed by atoms with Crippen molar-refractivity contribution in [2.75, 3.05) is 0 Å². The molecule has 0 bridgehead atoms. The Balaban J connectivity index is 0.00000169. The normalized spacial score (nSPS) is 9.36. The van der Waals surface area contributed by atoms with Crippen molar-refractivity contribution in [1.29, 1.82) is 0 Å². The standard InChI is InChI=1S/C11H12O2.Ti/c1-8(12)11(9(2)13)10-6-4-3-5-7-10;/h3-7,11H,1-2H3;. The topological polar surface area (TPSA) is 34.1 Å². The van der Waals surface area contributed by atoms with Crippen molar-refractivity contribution in [3.8, 4) is 0 Å². The van der Waals surface area contributed by atoms with Gasteiger partial charge in [0.2, 0.25) is 0 Å². The fourth-order valence-corrected chi connectivity index (χ4v) is 1.40. The summed E-state index contributed by atoms with van der Waals surface area (Å²) in [4.78, 5) is 22.3. The largest absolute Gasteiger partial charge is 0.299 e. The third-order valence-corrected chi connectivity index (χ3v) is 1.95. The Hall–Kier alpha value is -0.726. The molecule has 2 nitrogen and oxygen atoms in total. The number of carbonyl (C=O) groups is 2. The molecule has 1 aromatic carbocycles. The predicted octanol–water partition coefficient (Wildman–Crippen LogP) is 1.95. The molecule has 3 heteroatoms. The third kappa shape index (κ3) is 3.20. The first-order valence-electron chi connectivity index (χ1n) is 4.18. The average molecular weight is 224 g/mol. The summed E-state index contributed by atoms with van der Waals surface area (Å²) in [6.45, 7) is 2.89. The summed E-state index contributed by atoms with van der Waals surface area (Å²) in [5, 5.41) is 0. The van der Waals surface area contributed by atoms with E-state index in [2.05, 4.69) is 0 Å². The molecule has 0 aromatic heterocycles. The minimum Gasteiger partial charge on any atom is -0.299 e. The Morgan fingerprint density at radius 2 is 1.43 bits per heavy atom. The maximum atomic E-state index is 11.2. The molecule has 1 rings (SSSR count). The van der Waals surface area contributed by atoms with Crippen molar-refractivity contribution in [1.82, 2.24) is 0 Å². The number of carbonyl (C=O) groups excluding carboxylic acids is 2. The molecule has 0 unspecified atom stereocenters. The first-order chi connectivity index (χ1) is 6.13. The zero-order chi connectivity index (χ0) is 9.84. The van der Waals surface area contributed by atoms with Crippen LogP contribution in [-0.4, -0.2) is 11.6 Å². The van der Waals surface area contributed by atoms with E-state index in [4.69, 9.17) is 0 Å². The molecule has 0 aliphatic rings. The predicted molar refractivity (Wildman–Crippen MR) is 50.5 cm³/mol. The van der Waals surface area contributed by atoms with Crippen LogP contribution in [0.25, 0.3) is 0 Å². The summed E-state index contributed by atoms with van der Waals surface area (Å²) in [7, 11) is 0.